The van der Waals surface area contributed by atoms with Gasteiger partial charge in [-0.2, -0.15) is 0 Å². The summed E-state index contributed by atoms with van der Waals surface area (Å²) < 4.78 is 5.41. The van der Waals surface area contributed by atoms with E-state index in [4.69, 9.17) is 4.74 Å². The lowest BCUT2D eigenvalue weighted by Crippen LogP contribution is -2.66. The number of carbonyl (C=O) groups excluding carboxylic acids is 2. The maximum absolute atomic E-state index is 11.4. The number of nitrogens with one attached hydrogen (secondary N) is 2. The van der Waals surface area contributed by atoms with Crippen LogP contribution >= 0.6 is 0 Å². The predicted octanol–water partition coefficient (Wildman–Crippen LogP) is -2.66. The molecule has 138 valence electrons. The largest absolute Gasteiger partial charge is 0.479 e. The molecule has 1 aliphatic rings. The van der Waals surface area contributed by atoms with Gasteiger partial charge in [0.2, 0.25) is 11.8 Å². The van der Waals surface area contributed by atoms with E-state index >= 15 is 0 Å². The number of carboxylic acid groups (broad SMARTS) is 1. The van der Waals surface area contributed by atoms with Crippen molar-refractivity contribution in [2.45, 2.75) is 63.3 Å². The standard InChI is InChI=1S/C14H24N2O8/c1-6(17)15-5-9(20)11(21)12-10(16-7(2)18)8(19)4-14(3,24-12)13(22)23/h8-12,19-21H,4-5H2,1-3H3,(H,15,17)(H,16,18)(H,22,23)/t8-,9-,10-,11-,12?,14+/m1/s1. The summed E-state index contributed by atoms with van der Waals surface area (Å²) in [5.41, 5.74) is -1.80. The molecule has 6 N–H and O–H groups in total. The molecule has 6 atom stereocenters. The van der Waals surface area contributed by atoms with Crippen molar-refractivity contribution in [3.63, 3.8) is 0 Å². The summed E-state index contributed by atoms with van der Waals surface area (Å²) in [6.45, 7) is 3.34. The van der Waals surface area contributed by atoms with Crippen LogP contribution in [0.2, 0.25) is 0 Å². The van der Waals surface area contributed by atoms with Crippen LogP contribution in [0.4, 0.5) is 0 Å². The highest BCUT2D eigenvalue weighted by Gasteiger charge is 2.52. The molecule has 1 fully saturated rings. The van der Waals surface area contributed by atoms with E-state index in [0.717, 1.165) is 0 Å². The third-order valence-corrected chi connectivity index (χ3v) is 3.88. The van der Waals surface area contributed by atoms with Crippen LogP contribution in [-0.4, -0.2) is 80.8 Å². The number of amides is 2. The Hall–Kier alpha value is -1.75. The summed E-state index contributed by atoms with van der Waals surface area (Å²) >= 11 is 0. The first kappa shape index (κ1) is 20.3. The highest BCUT2D eigenvalue weighted by molar-refractivity contribution is 5.77. The van der Waals surface area contributed by atoms with E-state index in [1.807, 2.05) is 0 Å². The number of carboxylic acids is 1. The van der Waals surface area contributed by atoms with Crippen LogP contribution in [-0.2, 0) is 19.1 Å². The Balaban J connectivity index is 3.01. The van der Waals surface area contributed by atoms with Gasteiger partial charge in [-0.25, -0.2) is 4.79 Å². The summed E-state index contributed by atoms with van der Waals surface area (Å²) in [7, 11) is 0. The molecule has 0 aromatic rings. The normalized spacial score (nSPS) is 32.5. The second-order valence-electron chi connectivity index (χ2n) is 6.11. The summed E-state index contributed by atoms with van der Waals surface area (Å²) in [6.07, 6.45) is -6.14. The Kier molecular flexibility index (Phi) is 6.67. The average Bonchev–Trinajstić information content (AvgIpc) is 2.46. The van der Waals surface area contributed by atoms with E-state index in [2.05, 4.69) is 10.6 Å². The summed E-state index contributed by atoms with van der Waals surface area (Å²) in [5.74, 6) is -2.30. The summed E-state index contributed by atoms with van der Waals surface area (Å²) in [4.78, 5) is 33.6. The van der Waals surface area contributed by atoms with Crippen LogP contribution in [0.1, 0.15) is 27.2 Å². The third-order valence-electron chi connectivity index (χ3n) is 3.88. The Labute approximate surface area is 138 Å². The van der Waals surface area contributed by atoms with Gasteiger partial charge >= 0.3 is 5.97 Å². The number of rotatable bonds is 6. The fraction of sp³-hybridized carbons (Fsp3) is 0.786. The molecular weight excluding hydrogens is 324 g/mol. The lowest BCUT2D eigenvalue weighted by atomic mass is 9.84. The van der Waals surface area contributed by atoms with Crippen LogP contribution in [0.5, 0.6) is 0 Å². The highest BCUT2D eigenvalue weighted by atomic mass is 16.6. The van der Waals surface area contributed by atoms with E-state index in [0.29, 0.717) is 0 Å². The van der Waals surface area contributed by atoms with Gasteiger partial charge in [-0.3, -0.25) is 9.59 Å². The maximum atomic E-state index is 11.4. The molecule has 0 aromatic carbocycles. The third kappa shape index (κ3) is 4.87. The summed E-state index contributed by atoms with van der Waals surface area (Å²) in [6, 6.07) is -1.11. The van der Waals surface area contributed by atoms with Crippen molar-refractivity contribution in [1.29, 1.82) is 0 Å². The topological polar surface area (TPSA) is 165 Å². The average molecular weight is 348 g/mol. The first-order valence-corrected chi connectivity index (χ1v) is 7.45. The van der Waals surface area contributed by atoms with E-state index in [1.54, 1.807) is 0 Å². The molecule has 1 rings (SSSR count). The molecule has 1 aliphatic heterocycles. The van der Waals surface area contributed by atoms with Gasteiger partial charge in [0, 0.05) is 26.8 Å². The molecule has 1 heterocycles. The lowest BCUT2D eigenvalue weighted by Gasteiger charge is -2.45. The van der Waals surface area contributed by atoms with Crippen molar-refractivity contribution in [1.82, 2.24) is 10.6 Å². The second-order valence-corrected chi connectivity index (χ2v) is 6.11. The fourth-order valence-corrected chi connectivity index (χ4v) is 2.59. The van der Waals surface area contributed by atoms with Gasteiger partial charge in [-0.15, -0.1) is 0 Å². The number of aliphatic hydroxyl groups excluding tert-OH is 3. The van der Waals surface area contributed by atoms with Crippen molar-refractivity contribution in [2.75, 3.05) is 6.54 Å². The van der Waals surface area contributed by atoms with Gasteiger partial charge < -0.3 is 35.8 Å². The van der Waals surface area contributed by atoms with Gasteiger partial charge in [0.1, 0.15) is 12.2 Å². The van der Waals surface area contributed by atoms with Crippen LogP contribution in [0.25, 0.3) is 0 Å². The Morgan fingerprint density at radius 1 is 1.25 bits per heavy atom. The van der Waals surface area contributed by atoms with Gasteiger partial charge in [0.15, 0.2) is 5.60 Å². The molecule has 2 amide bonds. The molecule has 0 radical (unpaired) electrons. The molecule has 0 aromatic heterocycles. The Morgan fingerprint density at radius 2 is 1.83 bits per heavy atom. The maximum Gasteiger partial charge on any atom is 0.335 e. The highest BCUT2D eigenvalue weighted by Crippen LogP contribution is 2.32. The van der Waals surface area contributed by atoms with Gasteiger partial charge in [-0.1, -0.05) is 0 Å². The van der Waals surface area contributed by atoms with Crippen LogP contribution in [0, 0.1) is 0 Å². The van der Waals surface area contributed by atoms with Crippen molar-refractivity contribution in [2.24, 2.45) is 0 Å². The SMILES string of the molecule is CC(=O)NC[C@@H](O)[C@@H](O)C1O[C@](C)(C(=O)O)C[C@@H](O)[C@H]1NC(C)=O. The first-order valence-electron chi connectivity index (χ1n) is 7.45. The molecule has 10 heteroatoms. The number of ether oxygens (including phenoxy) is 1. The molecule has 0 aliphatic carbocycles. The molecular formula is C14H24N2O8. The van der Waals surface area contributed by atoms with E-state index < -0.39 is 53.8 Å². The van der Waals surface area contributed by atoms with E-state index in [-0.39, 0.29) is 13.0 Å². The van der Waals surface area contributed by atoms with Crippen LogP contribution in [0.3, 0.4) is 0 Å². The van der Waals surface area contributed by atoms with Crippen molar-refractivity contribution in [3.05, 3.63) is 0 Å². The minimum Gasteiger partial charge on any atom is -0.479 e. The molecule has 0 saturated carbocycles. The quantitative estimate of drug-likeness (QED) is 0.303. The van der Waals surface area contributed by atoms with Gasteiger partial charge in [-0.05, 0) is 6.92 Å². The number of carbonyl (C=O) groups is 3. The summed E-state index contributed by atoms with van der Waals surface area (Å²) in [5, 5.41) is 44.4. The van der Waals surface area contributed by atoms with Crippen LogP contribution < -0.4 is 10.6 Å². The van der Waals surface area contributed by atoms with Crippen molar-refractivity contribution < 1.29 is 39.5 Å². The molecule has 10 nitrogen and oxygen atoms in total. The Bertz CT molecular complexity index is 499. The number of hydrogen-bond donors (Lipinski definition) is 6. The second kappa shape index (κ2) is 7.88. The monoisotopic (exact) mass is 348 g/mol. The van der Waals surface area contributed by atoms with Gasteiger partial charge in [0.05, 0.1) is 18.2 Å². The van der Waals surface area contributed by atoms with Crippen molar-refractivity contribution in [3.8, 4) is 0 Å². The first-order chi connectivity index (χ1) is 11.0. The molecule has 1 saturated heterocycles. The fourth-order valence-electron chi connectivity index (χ4n) is 2.59. The van der Waals surface area contributed by atoms with Crippen LogP contribution in [0.15, 0.2) is 0 Å². The van der Waals surface area contributed by atoms with Crippen molar-refractivity contribution >= 4 is 17.8 Å². The lowest BCUT2D eigenvalue weighted by molar-refractivity contribution is -0.222. The number of aliphatic carboxylic acids is 1. The smallest absolute Gasteiger partial charge is 0.335 e. The minimum absolute atomic E-state index is 0.303. The Morgan fingerprint density at radius 3 is 2.29 bits per heavy atom. The zero-order chi connectivity index (χ0) is 18.7. The van der Waals surface area contributed by atoms with E-state index in [1.165, 1.54) is 20.8 Å². The number of hydrogen-bond acceptors (Lipinski definition) is 7. The predicted molar refractivity (Wildman–Crippen MR) is 79.8 cm³/mol. The minimum atomic E-state index is -1.80. The molecule has 24 heavy (non-hydrogen) atoms. The number of aliphatic hydroxyl groups is 3. The molecule has 0 spiro atoms. The zero-order valence-corrected chi connectivity index (χ0v) is 13.7. The van der Waals surface area contributed by atoms with E-state index in [9.17, 15) is 34.8 Å². The van der Waals surface area contributed by atoms with Gasteiger partial charge in [0.25, 0.3) is 0 Å². The zero-order valence-electron chi connectivity index (χ0n) is 13.7. The molecule has 0 bridgehead atoms. The molecule has 1 unspecified atom stereocenters.